The predicted octanol–water partition coefficient (Wildman–Crippen LogP) is 2.01. The second kappa shape index (κ2) is 4.59. The van der Waals surface area contributed by atoms with Gasteiger partial charge in [0.15, 0.2) is 5.82 Å². The number of likely N-dealkylation sites (N-methyl/N-ethyl adjacent to an activating group) is 1. The van der Waals surface area contributed by atoms with Crippen molar-refractivity contribution in [3.63, 3.8) is 0 Å². The fourth-order valence-electron chi connectivity index (χ4n) is 2.29. The van der Waals surface area contributed by atoms with Crippen LogP contribution in [0.15, 0.2) is 35.4 Å². The van der Waals surface area contributed by atoms with Crippen LogP contribution in [0.4, 0.5) is 17.2 Å². The molecular weight excluding hydrogens is 264 g/mol. The zero-order valence-electron chi connectivity index (χ0n) is 10.4. The van der Waals surface area contributed by atoms with Crippen LogP contribution in [0, 0.1) is 0 Å². The number of nitrogens with zero attached hydrogens (tertiary/aromatic N) is 3. The third-order valence-electron chi connectivity index (χ3n) is 3.28. The number of halogens is 1. The van der Waals surface area contributed by atoms with E-state index in [1.165, 1.54) is 6.33 Å². The maximum Gasteiger partial charge on any atom is 0.271 e. The van der Waals surface area contributed by atoms with Crippen LogP contribution in [-0.4, -0.2) is 30.1 Å². The lowest BCUT2D eigenvalue weighted by atomic mass is 10.2. The number of aromatic amines is 1. The van der Waals surface area contributed by atoms with Crippen LogP contribution in [-0.2, 0) is 0 Å². The van der Waals surface area contributed by atoms with Crippen molar-refractivity contribution in [2.24, 2.45) is 0 Å². The Labute approximate surface area is 115 Å². The highest BCUT2D eigenvalue weighted by molar-refractivity contribution is 6.32. The van der Waals surface area contributed by atoms with Gasteiger partial charge < -0.3 is 14.8 Å². The largest absolute Gasteiger partial charge is 0.371 e. The standard InChI is InChI=1S/C13H13ClN4O/c1-17-6-7-18(10-5-3-2-4-9(10)17)12-11(14)13(19)16-8-15-12/h2-5,8H,6-7H2,1H3,(H,15,16,19). The smallest absolute Gasteiger partial charge is 0.271 e. The molecule has 98 valence electrons. The molecule has 1 N–H and O–H groups in total. The van der Waals surface area contributed by atoms with Gasteiger partial charge in [0.1, 0.15) is 5.02 Å². The second-order valence-corrected chi connectivity index (χ2v) is 4.81. The Kier molecular flexibility index (Phi) is 2.91. The van der Waals surface area contributed by atoms with Gasteiger partial charge in [0.2, 0.25) is 0 Å². The average molecular weight is 277 g/mol. The SMILES string of the molecule is CN1CCN(c2nc[nH]c(=O)c2Cl)c2ccccc21. The molecule has 1 aromatic heterocycles. The number of nitrogens with one attached hydrogen (secondary N) is 1. The van der Waals surface area contributed by atoms with E-state index in [0.717, 1.165) is 24.5 Å². The van der Waals surface area contributed by atoms with Gasteiger partial charge in [-0.2, -0.15) is 0 Å². The molecule has 19 heavy (non-hydrogen) atoms. The van der Waals surface area contributed by atoms with Gasteiger partial charge in [0.25, 0.3) is 5.56 Å². The Hall–Kier alpha value is -2.01. The van der Waals surface area contributed by atoms with Crippen LogP contribution in [0.25, 0.3) is 0 Å². The van der Waals surface area contributed by atoms with Crippen LogP contribution in [0.1, 0.15) is 0 Å². The molecule has 0 atom stereocenters. The number of aromatic nitrogens is 2. The number of benzene rings is 1. The summed E-state index contributed by atoms with van der Waals surface area (Å²) in [6.45, 7) is 1.59. The van der Waals surface area contributed by atoms with Crippen LogP contribution in [0.3, 0.4) is 0 Å². The van der Waals surface area contributed by atoms with Gasteiger partial charge in [-0.15, -0.1) is 0 Å². The van der Waals surface area contributed by atoms with Gasteiger partial charge in [-0.25, -0.2) is 4.98 Å². The third kappa shape index (κ3) is 1.96. The van der Waals surface area contributed by atoms with Gasteiger partial charge in [-0.1, -0.05) is 23.7 Å². The van der Waals surface area contributed by atoms with Gasteiger partial charge in [0.05, 0.1) is 17.7 Å². The van der Waals surface area contributed by atoms with E-state index in [-0.39, 0.29) is 10.6 Å². The molecule has 2 heterocycles. The highest BCUT2D eigenvalue weighted by atomic mass is 35.5. The number of rotatable bonds is 1. The number of hydrogen-bond donors (Lipinski definition) is 1. The van der Waals surface area contributed by atoms with E-state index in [1.807, 2.05) is 36.2 Å². The van der Waals surface area contributed by atoms with E-state index in [9.17, 15) is 4.79 Å². The number of hydrogen-bond acceptors (Lipinski definition) is 4. The fourth-order valence-corrected chi connectivity index (χ4v) is 2.49. The molecule has 0 saturated carbocycles. The molecule has 0 aliphatic carbocycles. The maximum atomic E-state index is 11.6. The second-order valence-electron chi connectivity index (χ2n) is 4.43. The Bertz CT molecular complexity index is 670. The fraction of sp³-hybridized carbons (Fsp3) is 0.231. The highest BCUT2D eigenvalue weighted by Crippen LogP contribution is 2.37. The summed E-state index contributed by atoms with van der Waals surface area (Å²) in [4.78, 5) is 22.4. The number of para-hydroxylation sites is 2. The molecule has 0 bridgehead atoms. The van der Waals surface area contributed by atoms with Crippen molar-refractivity contribution in [3.05, 3.63) is 46.0 Å². The van der Waals surface area contributed by atoms with Gasteiger partial charge >= 0.3 is 0 Å². The van der Waals surface area contributed by atoms with Crippen LogP contribution < -0.4 is 15.4 Å². The van der Waals surface area contributed by atoms with Gasteiger partial charge in [-0.3, -0.25) is 4.79 Å². The summed E-state index contributed by atoms with van der Waals surface area (Å²) >= 11 is 6.07. The lowest BCUT2D eigenvalue weighted by molar-refractivity contribution is 0.810. The minimum absolute atomic E-state index is 0.127. The van der Waals surface area contributed by atoms with E-state index in [2.05, 4.69) is 14.9 Å². The summed E-state index contributed by atoms with van der Waals surface area (Å²) in [7, 11) is 2.04. The summed E-state index contributed by atoms with van der Waals surface area (Å²) in [5, 5.41) is 0.127. The topological polar surface area (TPSA) is 52.2 Å². The Morgan fingerprint density at radius 1 is 1.26 bits per heavy atom. The molecule has 3 rings (SSSR count). The molecule has 0 unspecified atom stereocenters. The zero-order valence-corrected chi connectivity index (χ0v) is 11.2. The lowest BCUT2D eigenvalue weighted by Crippen LogP contribution is -2.37. The quantitative estimate of drug-likeness (QED) is 0.866. The minimum atomic E-state index is -0.317. The maximum absolute atomic E-state index is 11.6. The van der Waals surface area contributed by atoms with E-state index < -0.39 is 0 Å². The van der Waals surface area contributed by atoms with Gasteiger partial charge in [-0.05, 0) is 12.1 Å². The van der Waals surface area contributed by atoms with E-state index in [0.29, 0.717) is 5.82 Å². The van der Waals surface area contributed by atoms with E-state index in [4.69, 9.17) is 11.6 Å². The van der Waals surface area contributed by atoms with Crippen molar-refractivity contribution in [1.82, 2.24) is 9.97 Å². The summed E-state index contributed by atoms with van der Waals surface area (Å²) in [6, 6.07) is 8.00. The first-order valence-corrected chi connectivity index (χ1v) is 6.37. The number of anilines is 3. The first-order chi connectivity index (χ1) is 9.18. The summed E-state index contributed by atoms with van der Waals surface area (Å²) in [6.07, 6.45) is 1.38. The molecule has 1 aliphatic rings. The van der Waals surface area contributed by atoms with E-state index >= 15 is 0 Å². The average Bonchev–Trinajstić information content (AvgIpc) is 2.43. The van der Waals surface area contributed by atoms with Crippen molar-refractivity contribution in [2.75, 3.05) is 29.9 Å². The van der Waals surface area contributed by atoms with Crippen LogP contribution in [0.5, 0.6) is 0 Å². The first-order valence-electron chi connectivity index (χ1n) is 5.99. The molecule has 0 radical (unpaired) electrons. The number of fused-ring (bicyclic) bond motifs is 1. The van der Waals surface area contributed by atoms with Crippen molar-refractivity contribution in [1.29, 1.82) is 0 Å². The summed E-state index contributed by atoms with van der Waals surface area (Å²) in [5.41, 5.74) is 1.80. The zero-order chi connectivity index (χ0) is 13.4. The predicted molar refractivity (Wildman–Crippen MR) is 76.6 cm³/mol. The van der Waals surface area contributed by atoms with Crippen molar-refractivity contribution in [3.8, 4) is 0 Å². The first kappa shape index (κ1) is 12.0. The minimum Gasteiger partial charge on any atom is -0.371 e. The molecule has 1 aliphatic heterocycles. The van der Waals surface area contributed by atoms with E-state index in [1.54, 1.807) is 0 Å². The van der Waals surface area contributed by atoms with Gasteiger partial charge in [0, 0.05) is 20.1 Å². The molecule has 2 aromatic rings. The molecule has 0 saturated heterocycles. The number of H-pyrrole nitrogens is 1. The molecule has 0 amide bonds. The molecule has 5 nitrogen and oxygen atoms in total. The molecule has 0 fully saturated rings. The summed E-state index contributed by atoms with van der Waals surface area (Å²) in [5.74, 6) is 0.506. The summed E-state index contributed by atoms with van der Waals surface area (Å²) < 4.78 is 0. The molecule has 1 aromatic carbocycles. The molecule has 0 spiro atoms. The highest BCUT2D eigenvalue weighted by Gasteiger charge is 2.24. The monoisotopic (exact) mass is 276 g/mol. The normalized spacial score (nSPS) is 14.4. The Morgan fingerprint density at radius 2 is 2.00 bits per heavy atom. The van der Waals surface area contributed by atoms with Crippen molar-refractivity contribution >= 4 is 28.8 Å². The lowest BCUT2D eigenvalue weighted by Gasteiger charge is -2.36. The van der Waals surface area contributed by atoms with Crippen molar-refractivity contribution < 1.29 is 0 Å². The Morgan fingerprint density at radius 3 is 2.79 bits per heavy atom. The molecular formula is C13H13ClN4O. The Balaban J connectivity index is 2.15. The van der Waals surface area contributed by atoms with Crippen LogP contribution in [0.2, 0.25) is 5.02 Å². The molecule has 6 heteroatoms. The van der Waals surface area contributed by atoms with Crippen LogP contribution >= 0.6 is 11.6 Å². The van der Waals surface area contributed by atoms with Crippen molar-refractivity contribution in [2.45, 2.75) is 0 Å². The third-order valence-corrected chi connectivity index (χ3v) is 3.62.